The molecule has 6 nitrogen and oxygen atoms in total. The van der Waals surface area contributed by atoms with E-state index in [-0.39, 0.29) is 24.0 Å². The van der Waals surface area contributed by atoms with Crippen molar-refractivity contribution in [3.8, 4) is 0 Å². The van der Waals surface area contributed by atoms with Gasteiger partial charge in [-0.15, -0.1) is 0 Å². The molecule has 0 aliphatic heterocycles. The number of amides is 2. The maximum absolute atomic E-state index is 11.4. The average Bonchev–Trinajstić information content (AvgIpc) is 2.11. The highest BCUT2D eigenvalue weighted by atomic mass is 32.2. The van der Waals surface area contributed by atoms with Crippen molar-refractivity contribution in [1.29, 1.82) is 0 Å². The van der Waals surface area contributed by atoms with E-state index in [4.69, 9.17) is 0 Å². The zero-order valence-electron chi connectivity index (χ0n) is 9.19. The molecule has 2 N–H and O–H groups in total. The molecule has 94 valence electrons. The van der Waals surface area contributed by atoms with Crippen molar-refractivity contribution < 1.29 is 18.0 Å². The van der Waals surface area contributed by atoms with Crippen LogP contribution < -0.4 is 10.6 Å². The Labute approximate surface area is 100 Å². The number of hydrogen-bond acceptors (Lipinski definition) is 5. The Morgan fingerprint density at radius 2 is 1.94 bits per heavy atom. The highest BCUT2D eigenvalue weighted by molar-refractivity contribution is 7.90. The Kier molecular flexibility index (Phi) is 6.42. The van der Waals surface area contributed by atoms with Crippen LogP contribution in [0.15, 0.2) is 0 Å². The van der Waals surface area contributed by atoms with Gasteiger partial charge in [-0.1, -0.05) is 0 Å². The molecular weight excluding hydrogens is 252 g/mol. The molecule has 0 fully saturated rings. The summed E-state index contributed by atoms with van der Waals surface area (Å²) in [5.74, 6) is -0.742. The van der Waals surface area contributed by atoms with Crippen LogP contribution in [0.3, 0.4) is 0 Å². The fourth-order valence-corrected chi connectivity index (χ4v) is 1.65. The molecule has 2 amide bonds. The molecule has 1 unspecified atom stereocenters. The summed E-state index contributed by atoms with van der Waals surface area (Å²) in [7, 11) is -3.10. The number of nitrogens with one attached hydrogen (secondary N) is 2. The van der Waals surface area contributed by atoms with Gasteiger partial charge in [-0.25, -0.2) is 8.42 Å². The largest absolute Gasteiger partial charge is 0.353 e. The van der Waals surface area contributed by atoms with Gasteiger partial charge in [0.1, 0.15) is 15.9 Å². The second-order valence-electron chi connectivity index (χ2n) is 3.36. The normalized spacial score (nSPS) is 12.9. The van der Waals surface area contributed by atoms with Crippen LogP contribution in [-0.2, 0) is 19.4 Å². The quantitative estimate of drug-likeness (QED) is 0.516. The standard InChI is InChI=1S/C8H16N2O4S2/c1-6(11)10-7(5-15)8(12)9-3-4-16(2,13)14/h7,15H,3-5H2,1-2H3,(H,9,12)(H,10,11). The average molecular weight is 268 g/mol. The molecule has 0 rings (SSSR count). The van der Waals surface area contributed by atoms with E-state index in [9.17, 15) is 18.0 Å². The number of thiol groups is 1. The van der Waals surface area contributed by atoms with Gasteiger partial charge in [-0.2, -0.15) is 12.6 Å². The molecule has 16 heavy (non-hydrogen) atoms. The third-order valence-electron chi connectivity index (χ3n) is 1.65. The lowest BCUT2D eigenvalue weighted by Gasteiger charge is -2.14. The van der Waals surface area contributed by atoms with Crippen LogP contribution in [0, 0.1) is 0 Å². The minimum Gasteiger partial charge on any atom is -0.353 e. The van der Waals surface area contributed by atoms with E-state index in [1.165, 1.54) is 6.92 Å². The first-order chi connectivity index (χ1) is 7.26. The highest BCUT2D eigenvalue weighted by Gasteiger charge is 2.17. The third-order valence-corrected chi connectivity index (χ3v) is 2.96. The number of sulfone groups is 1. The molecule has 8 heteroatoms. The second-order valence-corrected chi connectivity index (χ2v) is 5.98. The van der Waals surface area contributed by atoms with E-state index in [2.05, 4.69) is 23.3 Å². The van der Waals surface area contributed by atoms with Gasteiger partial charge in [0.05, 0.1) is 5.75 Å². The summed E-state index contributed by atoms with van der Waals surface area (Å²) in [6, 6.07) is -0.736. The Bertz CT molecular complexity index is 353. The van der Waals surface area contributed by atoms with Crippen molar-refractivity contribution in [1.82, 2.24) is 10.6 Å². The number of rotatable bonds is 6. The van der Waals surface area contributed by atoms with Crippen molar-refractivity contribution in [3.05, 3.63) is 0 Å². The number of carbonyl (C=O) groups excluding carboxylic acids is 2. The van der Waals surface area contributed by atoms with Crippen LogP contribution in [0.5, 0.6) is 0 Å². The second kappa shape index (κ2) is 6.74. The lowest BCUT2D eigenvalue weighted by molar-refractivity contribution is -0.127. The maximum atomic E-state index is 11.4. The summed E-state index contributed by atoms with van der Waals surface area (Å²) >= 11 is 3.91. The Balaban J connectivity index is 4.08. The summed E-state index contributed by atoms with van der Waals surface area (Å²) < 4.78 is 21.6. The van der Waals surface area contributed by atoms with E-state index in [0.29, 0.717) is 0 Å². The van der Waals surface area contributed by atoms with Crippen LogP contribution in [0.1, 0.15) is 6.92 Å². The predicted octanol–water partition coefficient (Wildman–Crippen LogP) is -1.42. The summed E-state index contributed by atoms with van der Waals surface area (Å²) in [6.45, 7) is 1.32. The van der Waals surface area contributed by atoms with E-state index in [1.807, 2.05) is 0 Å². The zero-order valence-corrected chi connectivity index (χ0v) is 10.9. The first-order valence-electron chi connectivity index (χ1n) is 4.59. The van der Waals surface area contributed by atoms with Crippen LogP contribution in [-0.4, -0.2) is 50.6 Å². The molecular formula is C8H16N2O4S2. The van der Waals surface area contributed by atoms with Crippen molar-refractivity contribution in [2.45, 2.75) is 13.0 Å². The molecule has 0 aliphatic rings. The fourth-order valence-electron chi connectivity index (χ4n) is 0.922. The van der Waals surface area contributed by atoms with E-state index >= 15 is 0 Å². The van der Waals surface area contributed by atoms with Gasteiger partial charge in [0, 0.05) is 25.5 Å². The van der Waals surface area contributed by atoms with Gasteiger partial charge >= 0.3 is 0 Å². The van der Waals surface area contributed by atoms with Crippen molar-refractivity contribution in [2.75, 3.05) is 24.3 Å². The molecule has 0 heterocycles. The van der Waals surface area contributed by atoms with E-state index < -0.39 is 21.8 Å². The van der Waals surface area contributed by atoms with Crippen molar-refractivity contribution >= 4 is 34.3 Å². The summed E-state index contributed by atoms with van der Waals surface area (Å²) in [5, 5.41) is 4.81. The minimum absolute atomic E-state index is 0.0293. The van der Waals surface area contributed by atoms with Gasteiger partial charge in [-0.05, 0) is 0 Å². The molecule has 0 aromatic rings. The highest BCUT2D eigenvalue weighted by Crippen LogP contribution is 1.89. The lowest BCUT2D eigenvalue weighted by Crippen LogP contribution is -2.48. The topological polar surface area (TPSA) is 92.3 Å². The summed E-state index contributed by atoms with van der Waals surface area (Å²) in [5.41, 5.74) is 0. The minimum atomic E-state index is -3.10. The van der Waals surface area contributed by atoms with Gasteiger partial charge in [0.2, 0.25) is 11.8 Å². The Hall–Kier alpha value is -0.760. The summed E-state index contributed by atoms with van der Waals surface area (Å²) in [4.78, 5) is 22.2. The molecule has 0 radical (unpaired) electrons. The van der Waals surface area contributed by atoms with Crippen LogP contribution in [0.25, 0.3) is 0 Å². The zero-order chi connectivity index (χ0) is 12.8. The van der Waals surface area contributed by atoms with Gasteiger partial charge in [0.15, 0.2) is 0 Å². The molecule has 1 atom stereocenters. The molecule has 0 spiro atoms. The van der Waals surface area contributed by atoms with Crippen molar-refractivity contribution in [3.63, 3.8) is 0 Å². The van der Waals surface area contributed by atoms with Crippen LogP contribution >= 0.6 is 12.6 Å². The monoisotopic (exact) mass is 268 g/mol. The fraction of sp³-hybridized carbons (Fsp3) is 0.750. The number of carbonyl (C=O) groups is 2. The first-order valence-corrected chi connectivity index (χ1v) is 7.29. The van der Waals surface area contributed by atoms with Gasteiger partial charge in [0.25, 0.3) is 0 Å². The molecule has 0 aliphatic carbocycles. The molecule has 0 saturated carbocycles. The van der Waals surface area contributed by atoms with Crippen LogP contribution in [0.4, 0.5) is 0 Å². The predicted molar refractivity (Wildman–Crippen MR) is 64.2 cm³/mol. The molecule has 0 bridgehead atoms. The van der Waals surface area contributed by atoms with Gasteiger partial charge in [-0.3, -0.25) is 9.59 Å². The van der Waals surface area contributed by atoms with Crippen LogP contribution in [0.2, 0.25) is 0 Å². The summed E-state index contributed by atoms with van der Waals surface area (Å²) in [6.07, 6.45) is 1.09. The third kappa shape index (κ3) is 7.52. The lowest BCUT2D eigenvalue weighted by atomic mass is 10.3. The molecule has 0 saturated heterocycles. The number of hydrogen-bond donors (Lipinski definition) is 3. The molecule has 0 aromatic carbocycles. The Morgan fingerprint density at radius 1 is 1.38 bits per heavy atom. The van der Waals surface area contributed by atoms with E-state index in [1.54, 1.807) is 0 Å². The SMILES string of the molecule is CC(=O)NC(CS)C(=O)NCCS(C)(=O)=O. The van der Waals surface area contributed by atoms with Gasteiger partial charge < -0.3 is 10.6 Å². The van der Waals surface area contributed by atoms with E-state index in [0.717, 1.165) is 6.26 Å². The molecule has 0 aromatic heterocycles. The Morgan fingerprint density at radius 3 is 2.31 bits per heavy atom. The first kappa shape index (κ1) is 15.2. The van der Waals surface area contributed by atoms with Crippen molar-refractivity contribution in [2.24, 2.45) is 0 Å². The maximum Gasteiger partial charge on any atom is 0.243 e. The smallest absolute Gasteiger partial charge is 0.243 e.